The molecule has 1 atom stereocenters. The molecule has 7 heteroatoms. The summed E-state index contributed by atoms with van der Waals surface area (Å²) in [6.07, 6.45) is 6.95. The lowest BCUT2D eigenvalue weighted by atomic mass is 9.84. The quantitative estimate of drug-likeness (QED) is 0.487. The molecule has 0 aromatic rings. The Hall–Kier alpha value is -0.400. The minimum absolute atomic E-state index is 0. The zero-order valence-electron chi connectivity index (χ0n) is 15.3. The molecule has 1 saturated heterocycles. The third-order valence-electron chi connectivity index (χ3n) is 4.94. The second-order valence-corrected chi connectivity index (χ2v) is 6.58. The monoisotopic (exact) mass is 364 g/mol. The van der Waals surface area contributed by atoms with E-state index >= 15 is 0 Å². The highest BCUT2D eigenvalue weighted by atomic mass is 35.5. The fourth-order valence-electron chi connectivity index (χ4n) is 3.57. The van der Waals surface area contributed by atoms with E-state index in [1.807, 2.05) is 14.0 Å². The van der Waals surface area contributed by atoms with Crippen molar-refractivity contribution in [2.45, 2.75) is 63.7 Å². The molecule has 2 rings (SSSR count). The number of likely N-dealkylation sites (N-methyl/N-ethyl adjacent to an activating group) is 1. The third kappa shape index (κ3) is 5.56. The molecule has 24 heavy (non-hydrogen) atoms. The number of nitrogens with zero attached hydrogens (tertiary/aromatic N) is 2. The first-order valence-corrected chi connectivity index (χ1v) is 8.95. The molecular weight excluding hydrogens is 332 g/mol. The van der Waals surface area contributed by atoms with Gasteiger partial charge >= 0.3 is 5.97 Å². The van der Waals surface area contributed by atoms with Crippen molar-refractivity contribution in [2.24, 2.45) is 0 Å². The van der Waals surface area contributed by atoms with Crippen molar-refractivity contribution in [3.8, 4) is 0 Å². The SMILES string of the molecule is CCOC(=O)C1(OC(CN(C)OC)N2CCCC2)CCCCC1.Cl. The van der Waals surface area contributed by atoms with Crippen molar-refractivity contribution in [3.63, 3.8) is 0 Å². The van der Waals surface area contributed by atoms with Crippen molar-refractivity contribution < 1.29 is 19.1 Å². The number of rotatable bonds is 8. The van der Waals surface area contributed by atoms with Crippen molar-refractivity contribution in [2.75, 3.05) is 40.4 Å². The van der Waals surface area contributed by atoms with Crippen LogP contribution in [0.5, 0.6) is 0 Å². The summed E-state index contributed by atoms with van der Waals surface area (Å²) >= 11 is 0. The number of esters is 1. The number of halogens is 1. The number of carbonyl (C=O) groups excluding carboxylic acids is 1. The molecule has 0 aromatic carbocycles. The minimum Gasteiger partial charge on any atom is -0.464 e. The van der Waals surface area contributed by atoms with E-state index in [1.165, 1.54) is 12.8 Å². The van der Waals surface area contributed by atoms with E-state index in [4.69, 9.17) is 14.3 Å². The van der Waals surface area contributed by atoms with E-state index in [2.05, 4.69) is 4.90 Å². The maximum Gasteiger partial charge on any atom is 0.338 e. The summed E-state index contributed by atoms with van der Waals surface area (Å²) in [6.45, 7) is 4.90. The predicted molar refractivity (Wildman–Crippen MR) is 95.0 cm³/mol. The Kier molecular flexibility index (Phi) is 9.52. The van der Waals surface area contributed by atoms with E-state index in [-0.39, 0.29) is 24.6 Å². The van der Waals surface area contributed by atoms with Gasteiger partial charge in [0.15, 0.2) is 5.60 Å². The molecule has 1 aliphatic heterocycles. The number of hydrogen-bond acceptors (Lipinski definition) is 6. The van der Waals surface area contributed by atoms with Crippen LogP contribution < -0.4 is 0 Å². The van der Waals surface area contributed by atoms with Gasteiger partial charge in [0.05, 0.1) is 20.3 Å². The lowest BCUT2D eigenvalue weighted by molar-refractivity contribution is -0.220. The molecule has 142 valence electrons. The number of carbonyl (C=O) groups is 1. The van der Waals surface area contributed by atoms with Crippen LogP contribution in [0.1, 0.15) is 51.9 Å². The number of ether oxygens (including phenoxy) is 2. The van der Waals surface area contributed by atoms with Gasteiger partial charge in [0.25, 0.3) is 0 Å². The highest BCUT2D eigenvalue weighted by Gasteiger charge is 2.45. The van der Waals surface area contributed by atoms with E-state index in [0.717, 1.165) is 45.2 Å². The van der Waals surface area contributed by atoms with Crippen molar-refractivity contribution in [1.29, 1.82) is 0 Å². The highest BCUT2D eigenvalue weighted by molar-refractivity contribution is 5.85. The first kappa shape index (κ1) is 21.6. The van der Waals surface area contributed by atoms with Crippen molar-refractivity contribution >= 4 is 18.4 Å². The van der Waals surface area contributed by atoms with Crippen LogP contribution in [-0.2, 0) is 19.1 Å². The molecule has 0 spiro atoms. The summed E-state index contributed by atoms with van der Waals surface area (Å²) in [7, 11) is 3.55. The Morgan fingerprint density at radius 1 is 1.17 bits per heavy atom. The standard InChI is InChI=1S/C17H32N2O4.ClH/c1-4-22-16(20)17(10-6-5-7-11-17)23-15(14-18(2)21-3)19-12-8-9-13-19;/h15H,4-14H2,1-3H3;1H. The molecule has 0 N–H and O–H groups in total. The zero-order chi connectivity index (χ0) is 16.7. The second-order valence-electron chi connectivity index (χ2n) is 6.58. The van der Waals surface area contributed by atoms with Gasteiger partial charge in [-0.25, -0.2) is 4.79 Å². The predicted octanol–water partition coefficient (Wildman–Crippen LogP) is 2.61. The first-order valence-electron chi connectivity index (χ1n) is 8.95. The lowest BCUT2D eigenvalue weighted by Crippen LogP contribution is -2.53. The van der Waals surface area contributed by atoms with Gasteiger partial charge in [0.1, 0.15) is 6.23 Å². The Morgan fingerprint density at radius 2 is 1.79 bits per heavy atom. The van der Waals surface area contributed by atoms with Crippen LogP contribution in [0.25, 0.3) is 0 Å². The largest absolute Gasteiger partial charge is 0.464 e. The smallest absolute Gasteiger partial charge is 0.338 e. The Balaban J connectivity index is 0.00000288. The molecule has 1 heterocycles. The molecule has 0 aromatic heterocycles. The first-order chi connectivity index (χ1) is 11.1. The van der Waals surface area contributed by atoms with E-state index in [9.17, 15) is 4.79 Å². The summed E-state index contributed by atoms with van der Waals surface area (Å²) in [6, 6.07) is 0. The van der Waals surface area contributed by atoms with Crippen LogP contribution in [0.2, 0.25) is 0 Å². The topological polar surface area (TPSA) is 51.2 Å². The van der Waals surface area contributed by atoms with E-state index in [1.54, 1.807) is 12.2 Å². The average Bonchev–Trinajstić information content (AvgIpc) is 3.09. The molecule has 1 aliphatic carbocycles. The molecule has 0 radical (unpaired) electrons. The Labute approximate surface area is 152 Å². The van der Waals surface area contributed by atoms with Crippen LogP contribution in [0.4, 0.5) is 0 Å². The summed E-state index contributed by atoms with van der Waals surface area (Å²) in [4.78, 5) is 20.2. The van der Waals surface area contributed by atoms with Crippen LogP contribution in [0, 0.1) is 0 Å². The number of hydroxylamine groups is 2. The maximum absolute atomic E-state index is 12.6. The van der Waals surface area contributed by atoms with Crippen molar-refractivity contribution in [3.05, 3.63) is 0 Å². The molecular formula is C17H33ClN2O4. The zero-order valence-corrected chi connectivity index (χ0v) is 16.1. The molecule has 6 nitrogen and oxygen atoms in total. The van der Waals surface area contributed by atoms with E-state index < -0.39 is 5.60 Å². The van der Waals surface area contributed by atoms with E-state index in [0.29, 0.717) is 13.2 Å². The van der Waals surface area contributed by atoms with Crippen LogP contribution >= 0.6 is 12.4 Å². The van der Waals surface area contributed by atoms with Gasteiger partial charge in [0, 0.05) is 20.1 Å². The van der Waals surface area contributed by atoms with Crippen LogP contribution in [0.15, 0.2) is 0 Å². The van der Waals surface area contributed by atoms with Crippen LogP contribution in [-0.4, -0.2) is 68.2 Å². The molecule has 0 bridgehead atoms. The fourth-order valence-corrected chi connectivity index (χ4v) is 3.57. The summed E-state index contributed by atoms with van der Waals surface area (Å²) in [5.74, 6) is -0.191. The van der Waals surface area contributed by atoms with Gasteiger partial charge in [-0.1, -0.05) is 6.42 Å². The minimum atomic E-state index is -0.782. The van der Waals surface area contributed by atoms with Gasteiger partial charge in [-0.2, -0.15) is 5.06 Å². The van der Waals surface area contributed by atoms with Crippen molar-refractivity contribution in [1.82, 2.24) is 9.96 Å². The van der Waals surface area contributed by atoms with Gasteiger partial charge in [0.2, 0.25) is 0 Å². The lowest BCUT2D eigenvalue weighted by Gasteiger charge is -2.41. The van der Waals surface area contributed by atoms with Gasteiger partial charge in [-0.15, -0.1) is 12.4 Å². The Morgan fingerprint density at radius 3 is 2.33 bits per heavy atom. The molecule has 2 fully saturated rings. The third-order valence-corrected chi connectivity index (χ3v) is 4.94. The van der Waals surface area contributed by atoms with Crippen LogP contribution in [0.3, 0.4) is 0 Å². The normalized spacial score (nSPS) is 22.2. The summed E-state index contributed by atoms with van der Waals surface area (Å²) < 4.78 is 11.8. The highest BCUT2D eigenvalue weighted by Crippen LogP contribution is 2.35. The second kappa shape index (κ2) is 10.6. The average molecular weight is 365 g/mol. The van der Waals surface area contributed by atoms with Gasteiger partial charge in [-0.05, 0) is 45.4 Å². The Bertz CT molecular complexity index is 372. The fraction of sp³-hybridized carbons (Fsp3) is 0.941. The molecule has 2 aliphatic rings. The summed E-state index contributed by atoms with van der Waals surface area (Å²) in [5.41, 5.74) is -0.782. The molecule has 1 unspecified atom stereocenters. The van der Waals surface area contributed by atoms with Gasteiger partial charge in [-0.3, -0.25) is 4.90 Å². The summed E-state index contributed by atoms with van der Waals surface area (Å²) in [5, 5.41) is 1.77. The molecule has 0 amide bonds. The maximum atomic E-state index is 12.6. The number of hydrogen-bond donors (Lipinski definition) is 0. The van der Waals surface area contributed by atoms with Gasteiger partial charge < -0.3 is 14.3 Å². The molecule has 1 saturated carbocycles. The number of likely N-dealkylation sites (tertiary alicyclic amines) is 1.